The number of dihydropyridines is 1. The second-order valence-electron chi connectivity index (χ2n) is 9.66. The van der Waals surface area contributed by atoms with Gasteiger partial charge in [-0.05, 0) is 72.8 Å². The molecule has 0 bridgehead atoms. The molecule has 1 atom stereocenters. The molecule has 1 heterocycles. The zero-order chi connectivity index (χ0) is 27.0. The van der Waals surface area contributed by atoms with Crippen molar-refractivity contribution < 1.29 is 28.6 Å². The molecule has 0 saturated heterocycles. The van der Waals surface area contributed by atoms with Crippen molar-refractivity contribution in [2.24, 2.45) is 0 Å². The minimum atomic E-state index is -0.765. The van der Waals surface area contributed by atoms with Crippen LogP contribution in [0.4, 0.5) is 0 Å². The summed E-state index contributed by atoms with van der Waals surface area (Å²) in [6, 6.07) is 7.32. The van der Waals surface area contributed by atoms with Gasteiger partial charge in [0.25, 0.3) is 0 Å². The fourth-order valence-electron chi connectivity index (χ4n) is 4.00. The van der Waals surface area contributed by atoms with Gasteiger partial charge in [0.1, 0.15) is 5.60 Å². The molecule has 8 heteroatoms. The summed E-state index contributed by atoms with van der Waals surface area (Å²) in [6.45, 7) is 11.4. The predicted octanol–water partition coefficient (Wildman–Crippen LogP) is 3.94. The number of allylic oxidation sites excluding steroid dienone is 1. The minimum absolute atomic E-state index is 0.182. The minimum Gasteiger partial charge on any atom is -0.463 e. The van der Waals surface area contributed by atoms with Crippen molar-refractivity contribution in [1.29, 1.82) is 0 Å². The average molecular weight is 499 g/mol. The highest BCUT2D eigenvalue weighted by atomic mass is 16.6. The summed E-state index contributed by atoms with van der Waals surface area (Å²) in [6.07, 6.45) is 2.98. The number of esters is 3. The highest BCUT2D eigenvalue weighted by Crippen LogP contribution is 2.41. The quantitative estimate of drug-likeness (QED) is 0.311. The molecular weight excluding hydrogens is 460 g/mol. The van der Waals surface area contributed by atoms with E-state index in [4.69, 9.17) is 14.2 Å². The maximum Gasteiger partial charge on any atom is 0.336 e. The van der Waals surface area contributed by atoms with Crippen LogP contribution in [0.5, 0.6) is 0 Å². The second-order valence-corrected chi connectivity index (χ2v) is 9.66. The van der Waals surface area contributed by atoms with E-state index in [1.54, 1.807) is 47.6 Å². The third kappa shape index (κ3) is 7.55. The van der Waals surface area contributed by atoms with Crippen molar-refractivity contribution in [3.63, 3.8) is 0 Å². The Hall–Kier alpha value is -3.39. The number of carbonyl (C=O) groups is 3. The van der Waals surface area contributed by atoms with Gasteiger partial charge in [0, 0.05) is 24.0 Å². The first kappa shape index (κ1) is 28.8. The summed E-state index contributed by atoms with van der Waals surface area (Å²) >= 11 is 0. The molecule has 2 rings (SSSR count). The van der Waals surface area contributed by atoms with Gasteiger partial charge in [-0.15, -0.1) is 0 Å². The smallest absolute Gasteiger partial charge is 0.336 e. The van der Waals surface area contributed by atoms with Crippen LogP contribution >= 0.6 is 0 Å². The number of nitrogens with one attached hydrogen (secondary N) is 1. The number of nitrogens with zero attached hydrogens (tertiary/aromatic N) is 1. The van der Waals surface area contributed by atoms with E-state index in [2.05, 4.69) is 5.32 Å². The predicted molar refractivity (Wildman–Crippen MR) is 139 cm³/mol. The molecule has 1 aliphatic rings. The fraction of sp³-hybridized carbons (Fsp3) is 0.464. The molecule has 0 fully saturated rings. The lowest BCUT2D eigenvalue weighted by molar-refractivity contribution is -0.148. The van der Waals surface area contributed by atoms with Crippen LogP contribution in [-0.4, -0.2) is 62.3 Å². The maximum absolute atomic E-state index is 13.3. The lowest BCUT2D eigenvalue weighted by atomic mass is 9.78. The molecule has 1 N–H and O–H groups in total. The van der Waals surface area contributed by atoms with Gasteiger partial charge in [0.15, 0.2) is 0 Å². The van der Waals surface area contributed by atoms with Gasteiger partial charge >= 0.3 is 17.9 Å². The Labute approximate surface area is 214 Å². The van der Waals surface area contributed by atoms with Crippen LogP contribution < -0.4 is 5.32 Å². The maximum atomic E-state index is 13.3. The third-order valence-corrected chi connectivity index (χ3v) is 5.22. The molecule has 0 spiro atoms. The lowest BCUT2D eigenvalue weighted by Crippen LogP contribution is -2.37. The van der Waals surface area contributed by atoms with Gasteiger partial charge in [0.2, 0.25) is 0 Å². The first-order valence-corrected chi connectivity index (χ1v) is 12.1. The molecule has 0 saturated carbocycles. The normalized spacial score (nSPS) is 16.3. The Kier molecular flexibility index (Phi) is 10.0. The summed E-state index contributed by atoms with van der Waals surface area (Å²) in [5, 5.41) is 3.25. The Morgan fingerprint density at radius 3 is 2.14 bits per heavy atom. The van der Waals surface area contributed by atoms with Crippen LogP contribution in [0, 0.1) is 0 Å². The topological polar surface area (TPSA) is 94.2 Å². The van der Waals surface area contributed by atoms with Gasteiger partial charge in [-0.1, -0.05) is 24.3 Å². The number of ether oxygens (including phenoxy) is 3. The van der Waals surface area contributed by atoms with E-state index < -0.39 is 29.4 Å². The van der Waals surface area contributed by atoms with Crippen molar-refractivity contribution in [2.45, 2.75) is 53.1 Å². The molecule has 196 valence electrons. The fourth-order valence-corrected chi connectivity index (χ4v) is 4.00. The zero-order valence-electron chi connectivity index (χ0n) is 22.6. The Bertz CT molecular complexity index is 1080. The standard InChI is InChI=1S/C28H38N2O6/c1-9-34-26(32)23-18(3)29-21(17-30(7)8)25(27(33)35-10-2)24(23)20-14-12-11-13-19(20)15-16-22(31)36-28(4,5)6/h11-16,24,29H,9-10,17H2,1-8H3/b16-15-. The van der Waals surface area contributed by atoms with Crippen molar-refractivity contribution in [2.75, 3.05) is 33.9 Å². The molecule has 1 unspecified atom stereocenters. The summed E-state index contributed by atoms with van der Waals surface area (Å²) in [4.78, 5) is 40.8. The Balaban J connectivity index is 2.75. The molecular formula is C28H38N2O6. The van der Waals surface area contributed by atoms with Gasteiger partial charge in [-0.2, -0.15) is 0 Å². The number of benzene rings is 1. The van der Waals surface area contributed by atoms with Crippen LogP contribution in [0.15, 0.2) is 52.9 Å². The van der Waals surface area contributed by atoms with E-state index in [1.165, 1.54) is 6.08 Å². The molecule has 0 aromatic heterocycles. The van der Waals surface area contributed by atoms with Crippen LogP contribution in [0.25, 0.3) is 6.08 Å². The highest BCUT2D eigenvalue weighted by Gasteiger charge is 2.39. The number of carbonyl (C=O) groups excluding carboxylic acids is 3. The molecule has 1 aromatic carbocycles. The molecule has 8 nitrogen and oxygen atoms in total. The molecule has 1 aliphatic heterocycles. The summed E-state index contributed by atoms with van der Waals surface area (Å²) in [5.74, 6) is -2.30. The van der Waals surface area contributed by atoms with E-state index in [1.807, 2.05) is 43.3 Å². The zero-order valence-corrected chi connectivity index (χ0v) is 22.6. The molecule has 0 amide bonds. The van der Waals surface area contributed by atoms with Crippen LogP contribution in [-0.2, 0) is 28.6 Å². The highest BCUT2D eigenvalue weighted by molar-refractivity contribution is 6.00. The summed E-state index contributed by atoms with van der Waals surface area (Å²) in [7, 11) is 3.79. The monoisotopic (exact) mass is 498 g/mol. The Morgan fingerprint density at radius 1 is 1.00 bits per heavy atom. The first-order valence-electron chi connectivity index (χ1n) is 12.1. The molecule has 0 radical (unpaired) electrons. The molecule has 36 heavy (non-hydrogen) atoms. The number of rotatable bonds is 9. The molecule has 1 aromatic rings. The SMILES string of the molecule is CCOC(=O)C1=C(C)NC(CN(C)C)=C(C(=O)OCC)C1c1ccccc1/C=C\C(=O)OC(C)(C)C. The van der Waals surface area contributed by atoms with Gasteiger partial charge in [0.05, 0.1) is 30.3 Å². The second kappa shape index (κ2) is 12.5. The van der Waals surface area contributed by atoms with Gasteiger partial charge in [-0.3, -0.25) is 0 Å². The van der Waals surface area contributed by atoms with Gasteiger partial charge < -0.3 is 24.4 Å². The van der Waals surface area contributed by atoms with Crippen molar-refractivity contribution >= 4 is 24.0 Å². The van der Waals surface area contributed by atoms with Gasteiger partial charge in [-0.25, -0.2) is 14.4 Å². The third-order valence-electron chi connectivity index (χ3n) is 5.22. The Morgan fingerprint density at radius 2 is 1.58 bits per heavy atom. The first-order chi connectivity index (χ1) is 16.9. The average Bonchev–Trinajstić information content (AvgIpc) is 2.76. The van der Waals surface area contributed by atoms with E-state index in [0.717, 1.165) is 0 Å². The van der Waals surface area contributed by atoms with Crippen molar-refractivity contribution in [3.05, 3.63) is 64.0 Å². The van der Waals surface area contributed by atoms with Crippen LogP contribution in [0.2, 0.25) is 0 Å². The van der Waals surface area contributed by atoms with Crippen LogP contribution in [0.1, 0.15) is 58.6 Å². The number of hydrogen-bond donors (Lipinski definition) is 1. The summed E-state index contributed by atoms with van der Waals surface area (Å²) < 4.78 is 16.2. The number of hydrogen-bond acceptors (Lipinski definition) is 8. The van der Waals surface area contributed by atoms with E-state index in [9.17, 15) is 14.4 Å². The largest absolute Gasteiger partial charge is 0.463 e. The van der Waals surface area contributed by atoms with E-state index in [0.29, 0.717) is 40.2 Å². The van der Waals surface area contributed by atoms with Crippen molar-refractivity contribution in [1.82, 2.24) is 10.2 Å². The van der Waals surface area contributed by atoms with Crippen molar-refractivity contribution in [3.8, 4) is 0 Å². The lowest BCUT2D eigenvalue weighted by Gasteiger charge is -2.33. The molecule has 0 aliphatic carbocycles. The van der Waals surface area contributed by atoms with E-state index in [-0.39, 0.29) is 13.2 Å². The summed E-state index contributed by atoms with van der Waals surface area (Å²) in [5.41, 5.74) is 2.58. The van der Waals surface area contributed by atoms with Crippen LogP contribution in [0.3, 0.4) is 0 Å². The van der Waals surface area contributed by atoms with E-state index >= 15 is 0 Å². The number of likely N-dealkylation sites (N-methyl/N-ethyl adjacent to an activating group) is 1.